The van der Waals surface area contributed by atoms with Crippen LogP contribution in [0.2, 0.25) is 5.02 Å². The van der Waals surface area contributed by atoms with Gasteiger partial charge < -0.3 is 13.6 Å². The average Bonchev–Trinajstić information content (AvgIpc) is 3.00. The van der Waals surface area contributed by atoms with Crippen molar-refractivity contribution in [1.29, 1.82) is 0 Å². The molecule has 2 aromatic heterocycles. The van der Waals surface area contributed by atoms with Crippen LogP contribution in [0.15, 0.2) is 51.5 Å². The van der Waals surface area contributed by atoms with Gasteiger partial charge >= 0.3 is 5.97 Å². The van der Waals surface area contributed by atoms with E-state index in [9.17, 15) is 4.79 Å². The van der Waals surface area contributed by atoms with Gasteiger partial charge in [0, 0.05) is 5.92 Å². The van der Waals surface area contributed by atoms with Gasteiger partial charge in [0.2, 0.25) is 5.89 Å². The number of aromatic nitrogens is 2. The van der Waals surface area contributed by atoms with Gasteiger partial charge in [0.05, 0.1) is 22.8 Å². The molecule has 2 heterocycles. The van der Waals surface area contributed by atoms with Crippen LogP contribution in [0.4, 0.5) is 0 Å². The summed E-state index contributed by atoms with van der Waals surface area (Å²) in [6.07, 6.45) is 2.34. The lowest BCUT2D eigenvalue weighted by Gasteiger charge is -2.00. The molecule has 1 fully saturated rings. The summed E-state index contributed by atoms with van der Waals surface area (Å²) in [6.45, 7) is -0.0579. The smallest absolute Gasteiger partial charge is 0.310 e. The van der Waals surface area contributed by atoms with Crippen LogP contribution in [0, 0.1) is 5.92 Å². The van der Waals surface area contributed by atoms with Gasteiger partial charge in [-0.1, -0.05) is 23.7 Å². The van der Waals surface area contributed by atoms with E-state index in [1.807, 2.05) is 24.3 Å². The standard InChI is InChI=1S/C17H13ClN2O4/c18-13-5-2-1-4-10(13)16-20-19-15(24-16)9-23-17(21)12-8-11(12)14-6-3-7-22-14/h1-7,11-12H,8-9H2/t11-,12+/m1/s1. The van der Waals surface area contributed by atoms with Gasteiger partial charge in [-0.3, -0.25) is 4.79 Å². The predicted molar refractivity (Wildman–Crippen MR) is 84.1 cm³/mol. The molecule has 2 atom stereocenters. The molecular weight excluding hydrogens is 332 g/mol. The number of rotatable bonds is 5. The topological polar surface area (TPSA) is 78.4 Å². The van der Waals surface area contributed by atoms with E-state index in [-0.39, 0.29) is 30.3 Å². The molecule has 0 saturated heterocycles. The van der Waals surface area contributed by atoms with E-state index in [1.54, 1.807) is 18.4 Å². The van der Waals surface area contributed by atoms with Crippen molar-refractivity contribution in [1.82, 2.24) is 10.2 Å². The molecule has 1 aromatic carbocycles. The van der Waals surface area contributed by atoms with Crippen LogP contribution in [0.25, 0.3) is 11.5 Å². The van der Waals surface area contributed by atoms with Crippen LogP contribution in [-0.2, 0) is 16.1 Å². The maximum atomic E-state index is 12.0. The minimum absolute atomic E-state index is 0.0579. The Balaban J connectivity index is 1.36. The zero-order valence-electron chi connectivity index (χ0n) is 12.5. The summed E-state index contributed by atoms with van der Waals surface area (Å²) in [7, 11) is 0. The van der Waals surface area contributed by atoms with E-state index in [0.29, 0.717) is 16.5 Å². The second-order valence-corrected chi connectivity index (χ2v) is 5.96. The molecule has 0 amide bonds. The second kappa shape index (κ2) is 6.13. The minimum atomic E-state index is -0.283. The van der Waals surface area contributed by atoms with Crippen molar-refractivity contribution in [3.05, 3.63) is 59.3 Å². The third-order valence-corrected chi connectivity index (χ3v) is 4.24. The molecule has 1 aliphatic rings. The lowest BCUT2D eigenvalue weighted by Crippen LogP contribution is -2.08. The highest BCUT2D eigenvalue weighted by molar-refractivity contribution is 6.33. The van der Waals surface area contributed by atoms with Crippen LogP contribution in [0.3, 0.4) is 0 Å². The number of carbonyl (C=O) groups excluding carboxylic acids is 1. The zero-order valence-corrected chi connectivity index (χ0v) is 13.3. The average molecular weight is 345 g/mol. The summed E-state index contributed by atoms with van der Waals surface area (Å²) < 4.78 is 16.1. The van der Waals surface area contributed by atoms with E-state index in [0.717, 1.165) is 12.2 Å². The maximum Gasteiger partial charge on any atom is 0.310 e. The minimum Gasteiger partial charge on any atom is -0.469 e. The molecule has 122 valence electrons. The Kier molecular flexibility index (Phi) is 3.82. The van der Waals surface area contributed by atoms with E-state index >= 15 is 0 Å². The van der Waals surface area contributed by atoms with Crippen LogP contribution in [-0.4, -0.2) is 16.2 Å². The quantitative estimate of drug-likeness (QED) is 0.654. The highest BCUT2D eigenvalue weighted by atomic mass is 35.5. The molecule has 1 saturated carbocycles. The van der Waals surface area contributed by atoms with Gasteiger partial charge in [0.15, 0.2) is 6.61 Å². The predicted octanol–water partition coefficient (Wildman–Crippen LogP) is 3.83. The van der Waals surface area contributed by atoms with Crippen molar-refractivity contribution in [2.45, 2.75) is 18.9 Å². The van der Waals surface area contributed by atoms with Gasteiger partial charge in [-0.05, 0) is 30.7 Å². The number of halogens is 1. The van der Waals surface area contributed by atoms with Crippen molar-refractivity contribution in [2.24, 2.45) is 5.92 Å². The molecule has 3 aromatic rings. The van der Waals surface area contributed by atoms with E-state index in [4.69, 9.17) is 25.2 Å². The number of nitrogens with zero attached hydrogens (tertiary/aromatic N) is 2. The second-order valence-electron chi connectivity index (χ2n) is 5.55. The third kappa shape index (κ3) is 2.92. The molecule has 4 rings (SSSR count). The summed E-state index contributed by atoms with van der Waals surface area (Å²) >= 11 is 6.09. The van der Waals surface area contributed by atoms with Gasteiger partial charge in [0.25, 0.3) is 5.89 Å². The molecule has 0 aliphatic heterocycles. The normalized spacial score (nSPS) is 19.2. The Hall–Kier alpha value is -2.60. The van der Waals surface area contributed by atoms with Crippen LogP contribution in [0.5, 0.6) is 0 Å². The molecule has 1 aliphatic carbocycles. The number of benzene rings is 1. The van der Waals surface area contributed by atoms with Crippen LogP contribution < -0.4 is 0 Å². The number of hydrogen-bond donors (Lipinski definition) is 0. The molecule has 24 heavy (non-hydrogen) atoms. The fourth-order valence-corrected chi connectivity index (χ4v) is 2.78. The van der Waals surface area contributed by atoms with Crippen molar-refractivity contribution < 1.29 is 18.4 Å². The number of hydrogen-bond acceptors (Lipinski definition) is 6. The monoisotopic (exact) mass is 344 g/mol. The van der Waals surface area contributed by atoms with Crippen LogP contribution >= 0.6 is 11.6 Å². The highest BCUT2D eigenvalue weighted by Gasteiger charge is 2.47. The van der Waals surface area contributed by atoms with E-state index in [1.165, 1.54) is 0 Å². The Morgan fingerprint density at radius 1 is 1.25 bits per heavy atom. The summed E-state index contributed by atoms with van der Waals surface area (Å²) in [5.41, 5.74) is 0.643. The SMILES string of the molecule is O=C(OCc1nnc(-c2ccccc2Cl)o1)[C@H]1C[C@H]1c1ccco1. The van der Waals surface area contributed by atoms with E-state index in [2.05, 4.69) is 10.2 Å². The number of carbonyl (C=O) groups is 1. The fraction of sp³-hybridized carbons (Fsp3) is 0.235. The Bertz CT molecular complexity index is 859. The van der Waals surface area contributed by atoms with Gasteiger partial charge in [-0.15, -0.1) is 10.2 Å². The van der Waals surface area contributed by atoms with Crippen molar-refractivity contribution in [2.75, 3.05) is 0 Å². The lowest BCUT2D eigenvalue weighted by atomic mass is 10.2. The zero-order chi connectivity index (χ0) is 16.5. The summed E-state index contributed by atoms with van der Waals surface area (Å²) in [5, 5.41) is 8.33. The summed E-state index contributed by atoms with van der Waals surface area (Å²) in [4.78, 5) is 12.0. The number of esters is 1. The molecule has 0 N–H and O–H groups in total. The fourth-order valence-electron chi connectivity index (χ4n) is 2.57. The van der Waals surface area contributed by atoms with Crippen molar-refractivity contribution in [3.8, 4) is 11.5 Å². The Morgan fingerprint density at radius 2 is 2.12 bits per heavy atom. The summed E-state index contributed by atoms with van der Waals surface area (Å²) in [5.74, 6) is 1.00. The van der Waals surface area contributed by atoms with Crippen molar-refractivity contribution >= 4 is 17.6 Å². The Morgan fingerprint density at radius 3 is 2.92 bits per heavy atom. The van der Waals surface area contributed by atoms with Gasteiger partial charge in [-0.25, -0.2) is 0 Å². The number of ether oxygens (including phenoxy) is 1. The maximum absolute atomic E-state index is 12.0. The first-order chi connectivity index (χ1) is 11.7. The summed E-state index contributed by atoms with van der Waals surface area (Å²) in [6, 6.07) is 10.8. The molecule has 0 radical (unpaired) electrons. The Labute approximate surface area is 142 Å². The highest BCUT2D eigenvalue weighted by Crippen LogP contribution is 2.48. The van der Waals surface area contributed by atoms with Crippen LogP contribution in [0.1, 0.15) is 24.0 Å². The third-order valence-electron chi connectivity index (χ3n) is 3.91. The first-order valence-electron chi connectivity index (χ1n) is 7.49. The van der Waals surface area contributed by atoms with Crippen molar-refractivity contribution in [3.63, 3.8) is 0 Å². The molecule has 0 unspecified atom stereocenters. The number of furan rings is 1. The molecule has 7 heteroatoms. The first-order valence-corrected chi connectivity index (χ1v) is 7.87. The molecule has 0 spiro atoms. The molecular formula is C17H13ClN2O4. The van der Waals surface area contributed by atoms with Gasteiger partial charge in [0.1, 0.15) is 5.76 Å². The molecule has 0 bridgehead atoms. The van der Waals surface area contributed by atoms with Gasteiger partial charge in [-0.2, -0.15) is 0 Å². The largest absolute Gasteiger partial charge is 0.469 e. The lowest BCUT2D eigenvalue weighted by molar-refractivity contribution is -0.147. The first kappa shape index (κ1) is 15.0. The molecule has 6 nitrogen and oxygen atoms in total. The van der Waals surface area contributed by atoms with E-state index < -0.39 is 0 Å².